The SMILES string of the molecule is Cc1c(C(C)NC(=O)C(C)Oc2ccccc2Cl)cnn1C. The van der Waals surface area contributed by atoms with Crippen molar-refractivity contribution in [2.75, 3.05) is 0 Å². The van der Waals surface area contributed by atoms with E-state index in [2.05, 4.69) is 10.4 Å². The minimum absolute atomic E-state index is 0.140. The van der Waals surface area contributed by atoms with Crippen LogP contribution in [0.5, 0.6) is 5.75 Å². The summed E-state index contributed by atoms with van der Waals surface area (Å²) in [5.41, 5.74) is 2.01. The molecule has 0 saturated carbocycles. The summed E-state index contributed by atoms with van der Waals surface area (Å²) >= 11 is 6.03. The Labute approximate surface area is 135 Å². The van der Waals surface area contributed by atoms with Crippen LogP contribution in [0, 0.1) is 6.92 Å². The first-order valence-electron chi connectivity index (χ1n) is 7.10. The van der Waals surface area contributed by atoms with Crippen molar-refractivity contribution in [3.8, 4) is 5.75 Å². The van der Waals surface area contributed by atoms with Crippen molar-refractivity contribution < 1.29 is 9.53 Å². The van der Waals surface area contributed by atoms with Crippen LogP contribution in [0.3, 0.4) is 0 Å². The Morgan fingerprint density at radius 3 is 2.64 bits per heavy atom. The van der Waals surface area contributed by atoms with Gasteiger partial charge in [-0.15, -0.1) is 0 Å². The molecule has 1 aromatic carbocycles. The number of carbonyl (C=O) groups is 1. The molecule has 118 valence electrons. The number of benzene rings is 1. The van der Waals surface area contributed by atoms with Crippen molar-refractivity contribution >= 4 is 17.5 Å². The highest BCUT2D eigenvalue weighted by atomic mass is 35.5. The van der Waals surface area contributed by atoms with Crippen LogP contribution in [-0.4, -0.2) is 21.8 Å². The first-order chi connectivity index (χ1) is 10.4. The maximum Gasteiger partial charge on any atom is 0.261 e. The molecular weight excluding hydrogens is 302 g/mol. The van der Waals surface area contributed by atoms with Crippen molar-refractivity contribution in [2.24, 2.45) is 7.05 Å². The van der Waals surface area contributed by atoms with E-state index in [1.54, 1.807) is 29.9 Å². The van der Waals surface area contributed by atoms with E-state index in [9.17, 15) is 4.79 Å². The Hall–Kier alpha value is -2.01. The molecule has 2 rings (SSSR count). The molecule has 2 unspecified atom stereocenters. The van der Waals surface area contributed by atoms with Crippen LogP contribution in [0.1, 0.15) is 31.1 Å². The van der Waals surface area contributed by atoms with Crippen LogP contribution in [0.15, 0.2) is 30.5 Å². The zero-order valence-electron chi connectivity index (χ0n) is 13.1. The Morgan fingerprint density at radius 1 is 1.36 bits per heavy atom. The zero-order valence-corrected chi connectivity index (χ0v) is 13.9. The number of aryl methyl sites for hydroxylation is 1. The van der Waals surface area contributed by atoms with Crippen LogP contribution >= 0.6 is 11.6 Å². The smallest absolute Gasteiger partial charge is 0.261 e. The predicted molar refractivity (Wildman–Crippen MR) is 86.0 cm³/mol. The second kappa shape index (κ2) is 6.83. The van der Waals surface area contributed by atoms with Gasteiger partial charge in [-0.25, -0.2) is 0 Å². The summed E-state index contributed by atoms with van der Waals surface area (Å²) in [7, 11) is 1.87. The summed E-state index contributed by atoms with van der Waals surface area (Å²) in [6.07, 6.45) is 1.12. The number of rotatable bonds is 5. The van der Waals surface area contributed by atoms with Gasteiger partial charge in [0.15, 0.2) is 6.10 Å². The number of aromatic nitrogens is 2. The second-order valence-electron chi connectivity index (χ2n) is 5.23. The van der Waals surface area contributed by atoms with E-state index in [1.165, 1.54) is 0 Å². The third-order valence-corrected chi connectivity index (χ3v) is 3.92. The Balaban J connectivity index is 1.99. The van der Waals surface area contributed by atoms with Gasteiger partial charge >= 0.3 is 0 Å². The monoisotopic (exact) mass is 321 g/mol. The van der Waals surface area contributed by atoms with Crippen LogP contribution in [-0.2, 0) is 11.8 Å². The quantitative estimate of drug-likeness (QED) is 0.921. The van der Waals surface area contributed by atoms with Gasteiger partial charge in [0.05, 0.1) is 17.3 Å². The van der Waals surface area contributed by atoms with Gasteiger partial charge in [0.2, 0.25) is 0 Å². The zero-order chi connectivity index (χ0) is 16.3. The molecule has 0 bridgehead atoms. The van der Waals surface area contributed by atoms with Crippen molar-refractivity contribution in [2.45, 2.75) is 32.9 Å². The molecule has 2 atom stereocenters. The lowest BCUT2D eigenvalue weighted by Crippen LogP contribution is -2.37. The van der Waals surface area contributed by atoms with Gasteiger partial charge in [-0.2, -0.15) is 5.10 Å². The van der Waals surface area contributed by atoms with Crippen molar-refractivity contribution in [3.05, 3.63) is 46.7 Å². The van der Waals surface area contributed by atoms with Crippen LogP contribution in [0.25, 0.3) is 0 Å². The molecule has 5 nitrogen and oxygen atoms in total. The van der Waals surface area contributed by atoms with Crippen LogP contribution in [0.4, 0.5) is 0 Å². The van der Waals surface area contributed by atoms with E-state index in [-0.39, 0.29) is 11.9 Å². The van der Waals surface area contributed by atoms with Crippen molar-refractivity contribution in [1.82, 2.24) is 15.1 Å². The van der Waals surface area contributed by atoms with Crippen LogP contribution in [0.2, 0.25) is 5.02 Å². The number of nitrogens with zero attached hydrogens (tertiary/aromatic N) is 2. The number of para-hydroxylation sites is 1. The summed E-state index contributed by atoms with van der Waals surface area (Å²) in [5, 5.41) is 7.60. The average Bonchev–Trinajstić information content (AvgIpc) is 2.81. The molecule has 6 heteroatoms. The first-order valence-corrected chi connectivity index (χ1v) is 7.48. The molecule has 0 radical (unpaired) electrons. The molecule has 0 aliphatic heterocycles. The molecule has 0 spiro atoms. The van der Waals surface area contributed by atoms with E-state index in [1.807, 2.05) is 33.0 Å². The number of hydrogen-bond acceptors (Lipinski definition) is 3. The molecular formula is C16H20ClN3O2. The maximum atomic E-state index is 12.3. The third-order valence-electron chi connectivity index (χ3n) is 3.61. The van der Waals surface area contributed by atoms with E-state index in [0.717, 1.165) is 11.3 Å². The van der Waals surface area contributed by atoms with E-state index in [0.29, 0.717) is 10.8 Å². The Bertz CT molecular complexity index is 669. The molecule has 1 heterocycles. The minimum Gasteiger partial charge on any atom is -0.479 e. The standard InChI is InChI=1S/C16H20ClN3O2/c1-10(13-9-18-20(4)11(13)2)19-16(21)12(3)22-15-8-6-5-7-14(15)17/h5-10,12H,1-4H3,(H,19,21). The normalized spacial score (nSPS) is 13.5. The lowest BCUT2D eigenvalue weighted by molar-refractivity contribution is -0.127. The van der Waals surface area contributed by atoms with Crippen LogP contribution < -0.4 is 10.1 Å². The van der Waals surface area contributed by atoms with Gasteiger partial charge in [-0.1, -0.05) is 23.7 Å². The molecule has 22 heavy (non-hydrogen) atoms. The molecule has 2 aromatic rings. The molecule has 1 aromatic heterocycles. The first kappa shape index (κ1) is 16.4. The fraction of sp³-hybridized carbons (Fsp3) is 0.375. The lowest BCUT2D eigenvalue weighted by Gasteiger charge is -2.19. The molecule has 0 aliphatic rings. The van der Waals surface area contributed by atoms with E-state index < -0.39 is 6.10 Å². The van der Waals surface area contributed by atoms with Crippen molar-refractivity contribution in [3.63, 3.8) is 0 Å². The fourth-order valence-corrected chi connectivity index (χ4v) is 2.31. The number of amides is 1. The highest BCUT2D eigenvalue weighted by molar-refractivity contribution is 6.32. The largest absolute Gasteiger partial charge is 0.479 e. The van der Waals surface area contributed by atoms with Gasteiger partial charge in [0, 0.05) is 18.3 Å². The number of ether oxygens (including phenoxy) is 1. The fourth-order valence-electron chi connectivity index (χ4n) is 2.13. The summed E-state index contributed by atoms with van der Waals surface area (Å²) in [6.45, 7) is 5.58. The minimum atomic E-state index is -0.640. The van der Waals surface area contributed by atoms with Gasteiger partial charge in [0.25, 0.3) is 5.91 Å². The van der Waals surface area contributed by atoms with Gasteiger partial charge < -0.3 is 10.1 Å². The maximum absolute atomic E-state index is 12.3. The lowest BCUT2D eigenvalue weighted by atomic mass is 10.1. The van der Waals surface area contributed by atoms with Gasteiger partial charge in [-0.3, -0.25) is 9.48 Å². The van der Waals surface area contributed by atoms with E-state index in [4.69, 9.17) is 16.3 Å². The Kier molecular flexibility index (Phi) is 5.08. The summed E-state index contributed by atoms with van der Waals surface area (Å²) < 4.78 is 7.39. The molecule has 0 saturated heterocycles. The Morgan fingerprint density at radius 2 is 2.05 bits per heavy atom. The highest BCUT2D eigenvalue weighted by Gasteiger charge is 2.20. The summed E-state index contributed by atoms with van der Waals surface area (Å²) in [6, 6.07) is 6.95. The highest BCUT2D eigenvalue weighted by Crippen LogP contribution is 2.24. The van der Waals surface area contributed by atoms with Gasteiger partial charge in [-0.05, 0) is 32.9 Å². The number of halogens is 1. The molecule has 1 N–H and O–H groups in total. The average molecular weight is 322 g/mol. The third kappa shape index (κ3) is 3.60. The van der Waals surface area contributed by atoms with E-state index >= 15 is 0 Å². The number of hydrogen-bond donors (Lipinski definition) is 1. The summed E-state index contributed by atoms with van der Waals surface area (Å²) in [4.78, 5) is 12.3. The molecule has 0 fully saturated rings. The topological polar surface area (TPSA) is 56.1 Å². The molecule has 0 aliphatic carbocycles. The number of carbonyl (C=O) groups excluding carboxylic acids is 1. The number of nitrogens with one attached hydrogen (secondary N) is 1. The van der Waals surface area contributed by atoms with Gasteiger partial charge in [0.1, 0.15) is 5.75 Å². The second-order valence-corrected chi connectivity index (χ2v) is 5.64. The summed E-state index contributed by atoms with van der Waals surface area (Å²) in [5.74, 6) is 0.299. The predicted octanol–water partition coefficient (Wildman–Crippen LogP) is 3.03. The van der Waals surface area contributed by atoms with Crippen molar-refractivity contribution in [1.29, 1.82) is 0 Å². The molecule has 1 amide bonds.